The van der Waals surface area contributed by atoms with E-state index in [0.717, 1.165) is 105 Å². The monoisotopic (exact) mass is 2470 g/mol. The van der Waals surface area contributed by atoms with E-state index in [1.165, 1.54) is 32.3 Å². The number of carbonyl (C=O) groups is 2. The van der Waals surface area contributed by atoms with Gasteiger partial charge in [-0.1, -0.05) is 335 Å². The number of alkyl halides is 1. The number of phenols is 8. The van der Waals surface area contributed by atoms with Crippen LogP contribution in [-0.4, -0.2) is 58.4 Å². The maximum atomic E-state index is 10.7. The molecule has 0 heterocycles. The normalized spacial score (nSPS) is 10.2. The van der Waals surface area contributed by atoms with Crippen molar-refractivity contribution >= 4 is 207 Å². The largest absolute Gasteiger partial charge is 0.508 e. The van der Waals surface area contributed by atoms with Crippen molar-refractivity contribution in [1.29, 1.82) is 0 Å². The SMILES string of the molecule is BrBr.C.CC(C)c1cc(O)c(Br)cc1C=O.CC(C)c1cc(O)ccc1Br.CC(C)c1cc(O)ccc1Br.CC(C)c1ccc(Br)c(O)c1.CC(C)c1cccc(O)c1.CI.Cc1cc(C(C)C)c(Br)cc1C=O.Cc1cc(C(C)C)c(Br)cc1O.Cc1cc(C(C)C)c(O)cc1Br.Cc1cc(C(C)C)c(O)cc1Br.Cc1cc(C(C)C)ccc1Br. The third kappa shape index (κ3) is 45.5. The van der Waals surface area contributed by atoms with Crippen molar-refractivity contribution in [3.63, 3.8) is 0 Å². The maximum Gasteiger partial charge on any atom is 0.150 e. The van der Waals surface area contributed by atoms with Crippen LogP contribution in [-0.2, 0) is 0 Å². The first-order chi connectivity index (χ1) is 55.8. The van der Waals surface area contributed by atoms with Crippen molar-refractivity contribution in [2.45, 2.75) is 240 Å². The summed E-state index contributed by atoms with van der Waals surface area (Å²) in [6, 6.07) is 48.7. The van der Waals surface area contributed by atoms with Gasteiger partial charge in [-0.3, -0.25) is 9.59 Å². The van der Waals surface area contributed by atoms with E-state index in [1.807, 2.05) is 107 Å². The number of carbonyl (C=O) groups excluding carboxylic acids is 2. The first-order valence-corrected chi connectivity index (χ1v) is 52.0. The summed E-state index contributed by atoms with van der Waals surface area (Å²) in [4.78, 5) is 23.3. The highest BCUT2D eigenvalue weighted by Crippen LogP contribution is 2.37. The molecule has 10 aromatic rings. The van der Waals surface area contributed by atoms with Gasteiger partial charge in [0.25, 0.3) is 0 Å². The number of halogens is 12. The zero-order valence-corrected chi connectivity index (χ0v) is 93.5. The Morgan fingerprint density at radius 1 is 0.240 bits per heavy atom. The lowest BCUT2D eigenvalue weighted by Crippen LogP contribution is -1.95. The molecule has 0 fully saturated rings. The quantitative estimate of drug-likeness (QED) is 0.0331. The van der Waals surface area contributed by atoms with Gasteiger partial charge in [-0.25, -0.2) is 0 Å². The van der Waals surface area contributed by atoms with Gasteiger partial charge in [0, 0.05) is 70.7 Å². The van der Waals surface area contributed by atoms with Crippen LogP contribution in [0.2, 0.25) is 0 Å². The summed E-state index contributed by atoms with van der Waals surface area (Å²) in [5.74, 6) is 7.03. The first kappa shape index (κ1) is 121. The van der Waals surface area contributed by atoms with E-state index in [2.05, 4.69) is 350 Å². The molecule has 0 aliphatic rings. The second-order valence-electron chi connectivity index (χ2n) is 31.2. The molecule has 0 bridgehead atoms. The lowest BCUT2D eigenvalue weighted by molar-refractivity contribution is 0.111. The fraction of sp³-hybridized carbons (Fsp3) is 0.374. The number of rotatable bonds is 12. The second-order valence-corrected chi connectivity index (χ2v) is 38.8. The van der Waals surface area contributed by atoms with Crippen LogP contribution in [0.5, 0.6) is 46.0 Å². The minimum absolute atomic E-state index is 0. The van der Waals surface area contributed by atoms with Crippen LogP contribution >= 0.6 is 194 Å². The highest BCUT2D eigenvalue weighted by molar-refractivity contribution is 14.1. The molecule has 10 aromatic carbocycles. The van der Waals surface area contributed by atoms with Gasteiger partial charge >= 0.3 is 0 Å². The van der Waals surface area contributed by atoms with Gasteiger partial charge in [-0.05, 0) is 317 Å². The van der Waals surface area contributed by atoms with Gasteiger partial charge in [-0.15, -0.1) is 0 Å². The molecule has 121 heavy (non-hydrogen) atoms. The lowest BCUT2D eigenvalue weighted by Gasteiger charge is -2.10. The molecule has 0 spiro atoms. The molecule has 0 aliphatic heterocycles. The highest BCUT2D eigenvalue weighted by atomic mass is 127. The van der Waals surface area contributed by atoms with Crippen LogP contribution in [0.1, 0.15) is 309 Å². The molecule has 0 aliphatic carbocycles. The Bertz CT molecular complexity index is 4490. The van der Waals surface area contributed by atoms with Gasteiger partial charge in [-0.2, -0.15) is 0 Å². The Hall–Kier alpha value is -4.05. The van der Waals surface area contributed by atoms with E-state index in [9.17, 15) is 35.1 Å². The zero-order chi connectivity index (χ0) is 93.2. The van der Waals surface area contributed by atoms with Crippen LogP contribution in [0.25, 0.3) is 0 Å². The molecule has 0 atom stereocenters. The third-order valence-corrected chi connectivity index (χ3v) is 24.8. The van der Waals surface area contributed by atoms with Crippen molar-refractivity contribution in [3.8, 4) is 46.0 Å². The second kappa shape index (κ2) is 63.0. The van der Waals surface area contributed by atoms with Crippen molar-refractivity contribution in [2.24, 2.45) is 0 Å². The van der Waals surface area contributed by atoms with E-state index in [1.54, 1.807) is 72.8 Å². The zero-order valence-electron chi connectivity index (χ0n) is 73.9. The lowest BCUT2D eigenvalue weighted by atomic mass is 9.98. The molecule has 668 valence electrons. The summed E-state index contributed by atoms with van der Waals surface area (Å²) in [5.41, 5.74) is 18.4. The van der Waals surface area contributed by atoms with Crippen LogP contribution in [0.4, 0.5) is 0 Å². The summed E-state index contributed by atoms with van der Waals surface area (Å²) in [6.45, 7) is 52.1. The molecular weight excluding hydrogens is 2350 g/mol. The molecule has 0 amide bonds. The van der Waals surface area contributed by atoms with E-state index in [4.69, 9.17) is 15.3 Å². The van der Waals surface area contributed by atoms with Gasteiger partial charge in [0.05, 0.1) is 8.95 Å². The smallest absolute Gasteiger partial charge is 0.150 e. The standard InChI is InChI=1S/C11H13BrO.C10H11BrO2.3C10H13BrO.C10H13Br.3C9H11BrO.C9H12O.CH3I.CH4.Br2/c1-7(2)10-4-8(3)9(6-13)5-11(10)12;1-6(2)8-4-10(13)9(11)3-7(8)5-12;1-6(2)8-4-7(3)10(12)5-9(8)11;2*1-6(2)8-4-7(3)9(11)5-10(8)12;1-7(2)9-4-5-10(11)8(3)6-9;2*1-6(2)8-5-7(11)3-4-9(8)10;1-6(2)7-3-4-8(10)9(11)5-7;1-7(2)8-4-3-5-9(10)6-8;1-2;;1-2/h4-7H,1-3H3;3-6,13H,1-2H3;3*4-6,12H,1-3H3;4-7H,1-3H3;3*3-6,11H,1-2H3;3-7,10H,1-2H3;1H3;1H4;. The minimum Gasteiger partial charge on any atom is -0.508 e. The van der Waals surface area contributed by atoms with Crippen LogP contribution in [0.15, 0.2) is 198 Å². The first-order valence-electron chi connectivity index (χ1n) is 39.0. The van der Waals surface area contributed by atoms with Gasteiger partial charge in [0.2, 0.25) is 0 Å². The number of aromatic hydroxyl groups is 8. The molecule has 0 unspecified atom stereocenters. The highest BCUT2D eigenvalue weighted by Gasteiger charge is 2.15. The predicted molar refractivity (Wildman–Crippen MR) is 567 cm³/mol. The Balaban J connectivity index is -0.00000127. The van der Waals surface area contributed by atoms with E-state index >= 15 is 0 Å². The average molecular weight is 2480 g/mol. The summed E-state index contributed by atoms with van der Waals surface area (Å²) in [7, 11) is 0. The molecule has 0 radical (unpaired) electrons. The Kier molecular flexibility index (Phi) is 63.0. The van der Waals surface area contributed by atoms with Gasteiger partial charge in [0.15, 0.2) is 0 Å². The molecule has 8 N–H and O–H groups in total. The molecule has 0 saturated heterocycles. The number of phenolic OH excluding ortho intramolecular Hbond substituents is 8. The number of aldehydes is 2. The summed E-state index contributed by atoms with van der Waals surface area (Å²) in [6.07, 6.45) is 1.70. The van der Waals surface area contributed by atoms with Crippen molar-refractivity contribution in [1.82, 2.24) is 0 Å². The van der Waals surface area contributed by atoms with Crippen molar-refractivity contribution in [2.75, 3.05) is 4.93 Å². The molecule has 0 saturated carbocycles. The average Bonchev–Trinajstić information content (AvgIpc) is 0.917. The van der Waals surface area contributed by atoms with Crippen molar-refractivity contribution in [3.05, 3.63) is 293 Å². The van der Waals surface area contributed by atoms with Crippen LogP contribution in [0, 0.1) is 34.6 Å². The van der Waals surface area contributed by atoms with Crippen LogP contribution in [0.3, 0.4) is 0 Å². The van der Waals surface area contributed by atoms with Crippen molar-refractivity contribution < 1.29 is 50.4 Å². The van der Waals surface area contributed by atoms with E-state index in [0.29, 0.717) is 104 Å². The molecular formula is C99H128Br11IO10. The summed E-state index contributed by atoms with van der Waals surface area (Å²) in [5, 5.41) is 74.6. The number of aryl methyl sites for hydroxylation is 5. The number of benzene rings is 10. The fourth-order valence-electron chi connectivity index (χ4n) is 10.7. The topological polar surface area (TPSA) is 196 Å². The van der Waals surface area contributed by atoms with Gasteiger partial charge in [0.1, 0.15) is 58.6 Å². The minimum atomic E-state index is 0. The predicted octanol–water partition coefficient (Wildman–Crippen LogP) is 37.2. The van der Waals surface area contributed by atoms with Crippen LogP contribution < -0.4 is 0 Å². The Morgan fingerprint density at radius 2 is 0.537 bits per heavy atom. The third-order valence-electron chi connectivity index (χ3n) is 18.1. The summed E-state index contributed by atoms with van der Waals surface area (Å²) >= 11 is 38.0. The van der Waals surface area contributed by atoms with E-state index in [-0.39, 0.29) is 19.1 Å². The Morgan fingerprint density at radius 3 is 0.876 bits per heavy atom. The van der Waals surface area contributed by atoms with Gasteiger partial charge < -0.3 is 40.9 Å². The molecule has 10 rings (SSSR count). The maximum absolute atomic E-state index is 10.7. The number of hydrogen-bond acceptors (Lipinski definition) is 10. The molecule has 22 heteroatoms. The number of hydrogen-bond donors (Lipinski definition) is 8. The summed E-state index contributed by atoms with van der Waals surface area (Å²) < 4.78 is 8.56. The Labute approximate surface area is 830 Å². The fourth-order valence-corrected chi connectivity index (χ4v) is 15.2. The van der Waals surface area contributed by atoms with E-state index < -0.39 is 0 Å². The molecule has 0 aromatic heterocycles. The molecule has 10 nitrogen and oxygen atoms in total.